The smallest absolute Gasteiger partial charge is 0.243 e. The fourth-order valence-corrected chi connectivity index (χ4v) is 4.94. The van der Waals surface area contributed by atoms with E-state index in [0.29, 0.717) is 28.1 Å². The molecule has 2 aromatic carbocycles. The average Bonchev–Trinajstić information content (AvgIpc) is 3.45. The number of benzene rings is 2. The van der Waals surface area contributed by atoms with Gasteiger partial charge in [0, 0.05) is 18.2 Å². The number of methoxy groups -OCH3 is 2. The predicted molar refractivity (Wildman–Crippen MR) is 136 cm³/mol. The third-order valence-corrected chi connectivity index (χ3v) is 6.77. The number of carbonyl (C=O) groups excluding carboxylic acids is 2. The summed E-state index contributed by atoms with van der Waals surface area (Å²) in [5.74, 6) is 1.24. The van der Waals surface area contributed by atoms with Gasteiger partial charge in [0.1, 0.15) is 11.0 Å². The van der Waals surface area contributed by atoms with Gasteiger partial charge < -0.3 is 19.2 Å². The minimum atomic E-state index is -0.604. The number of amides is 2. The molecule has 1 fully saturated rings. The number of amidine groups is 1. The fraction of sp³-hybridized carbons (Fsp3) is 0.269. The Morgan fingerprint density at radius 3 is 2.49 bits per heavy atom. The van der Waals surface area contributed by atoms with Gasteiger partial charge in [0.05, 0.1) is 32.7 Å². The Kier molecular flexibility index (Phi) is 7.45. The Bertz CT molecular complexity index is 1240. The van der Waals surface area contributed by atoms with E-state index < -0.39 is 5.25 Å². The van der Waals surface area contributed by atoms with Crippen LogP contribution in [-0.4, -0.2) is 41.4 Å². The Morgan fingerprint density at radius 1 is 1.09 bits per heavy atom. The van der Waals surface area contributed by atoms with Gasteiger partial charge in [0.25, 0.3) is 0 Å². The summed E-state index contributed by atoms with van der Waals surface area (Å²) in [6, 6.07) is 14.6. The summed E-state index contributed by atoms with van der Waals surface area (Å²) in [4.78, 5) is 32.6. The lowest BCUT2D eigenvalue weighted by Crippen LogP contribution is -2.33. The number of hydrogen-bond acceptors (Lipinski definition) is 7. The van der Waals surface area contributed by atoms with Crippen LogP contribution in [0.25, 0.3) is 0 Å². The predicted octanol–water partition coefficient (Wildman–Crippen LogP) is 5.07. The highest BCUT2D eigenvalue weighted by Crippen LogP contribution is 2.35. The van der Waals surface area contributed by atoms with Crippen LogP contribution in [0, 0.1) is 13.8 Å². The van der Waals surface area contributed by atoms with Crippen molar-refractivity contribution in [2.24, 2.45) is 4.99 Å². The van der Waals surface area contributed by atoms with Crippen molar-refractivity contribution >= 4 is 40.1 Å². The van der Waals surface area contributed by atoms with Crippen LogP contribution in [0.5, 0.6) is 11.5 Å². The maximum atomic E-state index is 13.3. The Balaban J connectivity index is 1.55. The largest absolute Gasteiger partial charge is 0.493 e. The SMILES string of the molecule is COc1ccc(NC(=O)CC2SC(=Nc3c(C)cccc3C)N(Cc3ccco3)C2=O)cc1OC. The molecule has 0 aliphatic carbocycles. The summed E-state index contributed by atoms with van der Waals surface area (Å²) < 4.78 is 16.0. The highest BCUT2D eigenvalue weighted by atomic mass is 32.2. The molecule has 1 unspecified atom stereocenters. The van der Waals surface area contributed by atoms with Crippen LogP contribution in [0.3, 0.4) is 0 Å². The van der Waals surface area contributed by atoms with Gasteiger partial charge in [-0.1, -0.05) is 30.0 Å². The van der Waals surface area contributed by atoms with Gasteiger partial charge in [-0.2, -0.15) is 0 Å². The molecular weight excluding hydrogens is 466 g/mol. The van der Waals surface area contributed by atoms with Crippen molar-refractivity contribution in [1.29, 1.82) is 0 Å². The first-order valence-corrected chi connectivity index (χ1v) is 11.9. The zero-order chi connectivity index (χ0) is 24.9. The molecule has 2 amide bonds. The van der Waals surface area contributed by atoms with E-state index in [4.69, 9.17) is 18.9 Å². The molecule has 1 aliphatic rings. The van der Waals surface area contributed by atoms with Crippen molar-refractivity contribution < 1.29 is 23.5 Å². The molecule has 3 aromatic rings. The molecule has 2 heterocycles. The lowest BCUT2D eigenvalue weighted by molar-refractivity contribution is -0.128. The second kappa shape index (κ2) is 10.7. The van der Waals surface area contributed by atoms with Crippen molar-refractivity contribution in [3.63, 3.8) is 0 Å². The lowest BCUT2D eigenvalue weighted by atomic mass is 10.1. The maximum Gasteiger partial charge on any atom is 0.243 e. The quantitative estimate of drug-likeness (QED) is 0.471. The number of aryl methyl sites for hydroxylation is 2. The van der Waals surface area contributed by atoms with Crippen molar-refractivity contribution in [1.82, 2.24) is 4.90 Å². The molecule has 0 radical (unpaired) electrons. The van der Waals surface area contributed by atoms with Crippen molar-refractivity contribution in [2.45, 2.75) is 32.1 Å². The molecule has 9 heteroatoms. The van der Waals surface area contributed by atoms with Crippen LogP contribution < -0.4 is 14.8 Å². The second-order valence-electron chi connectivity index (χ2n) is 8.07. The summed E-state index contributed by atoms with van der Waals surface area (Å²) in [6.45, 7) is 4.22. The molecule has 182 valence electrons. The summed E-state index contributed by atoms with van der Waals surface area (Å²) in [7, 11) is 3.08. The normalized spacial score (nSPS) is 16.6. The van der Waals surface area contributed by atoms with Crippen LogP contribution in [0.4, 0.5) is 11.4 Å². The molecule has 4 rings (SSSR count). The number of nitrogens with zero attached hydrogens (tertiary/aromatic N) is 2. The monoisotopic (exact) mass is 493 g/mol. The highest BCUT2D eigenvalue weighted by molar-refractivity contribution is 8.15. The molecule has 0 spiro atoms. The lowest BCUT2D eigenvalue weighted by Gasteiger charge is -2.16. The number of para-hydroxylation sites is 1. The van der Waals surface area contributed by atoms with Gasteiger partial charge in [-0.3, -0.25) is 14.5 Å². The summed E-state index contributed by atoms with van der Waals surface area (Å²) >= 11 is 1.29. The van der Waals surface area contributed by atoms with Gasteiger partial charge in [-0.05, 0) is 49.2 Å². The van der Waals surface area contributed by atoms with Gasteiger partial charge in [-0.15, -0.1) is 0 Å². The number of nitrogens with one attached hydrogen (secondary N) is 1. The van der Waals surface area contributed by atoms with Crippen molar-refractivity contribution in [3.8, 4) is 11.5 Å². The summed E-state index contributed by atoms with van der Waals surface area (Å²) in [5.41, 5.74) is 3.40. The molecular formula is C26H27N3O5S. The molecule has 0 saturated carbocycles. The molecule has 35 heavy (non-hydrogen) atoms. The number of aliphatic imine (C=N–C) groups is 1. The van der Waals surface area contributed by atoms with Gasteiger partial charge >= 0.3 is 0 Å². The van der Waals surface area contributed by atoms with Crippen LogP contribution in [0.2, 0.25) is 0 Å². The number of rotatable bonds is 8. The highest BCUT2D eigenvalue weighted by Gasteiger charge is 2.39. The standard InChI is InChI=1S/C26H27N3O5S/c1-16-7-5-8-17(2)24(16)28-26-29(15-19-9-6-12-34-19)25(31)22(35-26)14-23(30)27-18-10-11-20(32-3)21(13-18)33-4/h5-13,22H,14-15H2,1-4H3,(H,27,30). The maximum absolute atomic E-state index is 13.3. The second-order valence-corrected chi connectivity index (χ2v) is 9.24. The Labute approximate surface area is 208 Å². The van der Waals surface area contributed by atoms with Gasteiger partial charge in [0.2, 0.25) is 11.8 Å². The molecule has 1 aromatic heterocycles. The summed E-state index contributed by atoms with van der Waals surface area (Å²) in [6.07, 6.45) is 1.57. The number of thioether (sulfide) groups is 1. The third kappa shape index (κ3) is 5.51. The van der Waals surface area contributed by atoms with Crippen molar-refractivity contribution in [3.05, 3.63) is 71.7 Å². The minimum absolute atomic E-state index is 0.00171. The first kappa shape index (κ1) is 24.4. The van der Waals surface area contributed by atoms with Crippen LogP contribution >= 0.6 is 11.8 Å². The van der Waals surface area contributed by atoms with Gasteiger partial charge in [0.15, 0.2) is 16.7 Å². The van der Waals surface area contributed by atoms with E-state index in [1.807, 2.05) is 38.1 Å². The van der Waals surface area contributed by atoms with Gasteiger partial charge in [-0.25, -0.2) is 4.99 Å². The van der Waals surface area contributed by atoms with E-state index in [0.717, 1.165) is 16.8 Å². The van der Waals surface area contributed by atoms with E-state index in [9.17, 15) is 9.59 Å². The molecule has 1 atom stereocenters. The van der Waals surface area contributed by atoms with E-state index in [2.05, 4.69) is 5.32 Å². The van der Waals surface area contributed by atoms with E-state index in [1.54, 1.807) is 42.5 Å². The van der Waals surface area contributed by atoms with Crippen LogP contribution in [0.15, 0.2) is 64.2 Å². The molecule has 8 nitrogen and oxygen atoms in total. The minimum Gasteiger partial charge on any atom is -0.493 e. The number of anilines is 1. The Morgan fingerprint density at radius 2 is 1.83 bits per heavy atom. The van der Waals surface area contributed by atoms with E-state index in [-0.39, 0.29) is 24.8 Å². The van der Waals surface area contributed by atoms with E-state index >= 15 is 0 Å². The topological polar surface area (TPSA) is 93.4 Å². The van der Waals surface area contributed by atoms with Crippen LogP contribution in [-0.2, 0) is 16.1 Å². The van der Waals surface area contributed by atoms with E-state index in [1.165, 1.54) is 18.9 Å². The molecule has 1 N–H and O–H groups in total. The first-order valence-electron chi connectivity index (χ1n) is 11.1. The number of hydrogen-bond donors (Lipinski definition) is 1. The average molecular weight is 494 g/mol. The third-order valence-electron chi connectivity index (χ3n) is 5.60. The molecule has 1 saturated heterocycles. The number of carbonyl (C=O) groups is 2. The fourth-order valence-electron chi connectivity index (χ4n) is 3.80. The first-order chi connectivity index (χ1) is 16.9. The summed E-state index contributed by atoms with van der Waals surface area (Å²) in [5, 5.41) is 2.79. The molecule has 1 aliphatic heterocycles. The zero-order valence-electron chi connectivity index (χ0n) is 20.0. The van der Waals surface area contributed by atoms with Crippen molar-refractivity contribution in [2.75, 3.05) is 19.5 Å². The number of furan rings is 1. The number of ether oxygens (including phenoxy) is 2. The Hall–Kier alpha value is -3.72. The zero-order valence-corrected chi connectivity index (χ0v) is 20.8. The van der Waals surface area contributed by atoms with Crippen LogP contribution in [0.1, 0.15) is 23.3 Å². The molecule has 0 bridgehead atoms.